The normalized spacial score (nSPS) is 11.3. The van der Waals surface area contributed by atoms with Gasteiger partial charge < -0.3 is 0 Å². The van der Waals surface area contributed by atoms with Gasteiger partial charge in [0.15, 0.2) is 0 Å². The second-order valence-electron chi connectivity index (χ2n) is 2.35. The Kier molecular flexibility index (Phi) is 8.26. The first-order chi connectivity index (χ1) is 6.77. The van der Waals surface area contributed by atoms with Gasteiger partial charge in [-0.3, -0.25) is 40.5 Å². The van der Waals surface area contributed by atoms with E-state index < -0.39 is 38.4 Å². The molecule has 0 rings (SSSR count). The van der Waals surface area contributed by atoms with Crippen LogP contribution in [0.2, 0.25) is 0 Å². The van der Waals surface area contributed by atoms with Gasteiger partial charge in [-0.1, -0.05) is 0 Å². The molecule has 0 spiro atoms. The molecule has 0 aromatic rings. The van der Waals surface area contributed by atoms with Crippen molar-refractivity contribution in [2.24, 2.45) is 0 Å². The Bertz CT molecular complexity index is 304. The maximum atomic E-state index is 10.2. The van der Waals surface area contributed by atoms with E-state index in [1.54, 1.807) is 0 Å². The summed E-state index contributed by atoms with van der Waals surface area (Å²) in [5, 5.41) is 40.3. The van der Waals surface area contributed by atoms with Crippen LogP contribution in [0.1, 0.15) is 0 Å². The van der Waals surface area contributed by atoms with E-state index in [0.29, 0.717) is 0 Å². The third-order valence-corrected chi connectivity index (χ3v) is 1.38. The Morgan fingerprint density at radius 3 is 1.38 bits per heavy atom. The molecule has 0 aliphatic rings. The summed E-state index contributed by atoms with van der Waals surface area (Å²) in [5.41, 5.74) is 0. The fraction of sp³-hybridized carbons (Fsp3) is 1.00. The van der Waals surface area contributed by atoms with Crippen LogP contribution in [-0.4, -0.2) is 89.8 Å². The maximum absolute atomic E-state index is 10.2. The van der Waals surface area contributed by atoms with Crippen molar-refractivity contribution in [2.45, 2.75) is 12.2 Å². The summed E-state index contributed by atoms with van der Waals surface area (Å²) in [7, 11) is 0. The Hall–Kier alpha value is -0.764. The third-order valence-electron chi connectivity index (χ3n) is 1.38. The molecule has 0 aliphatic heterocycles. The van der Waals surface area contributed by atoms with Crippen LogP contribution in [0.25, 0.3) is 0 Å². The molecule has 12 nitrogen and oxygen atoms in total. The van der Waals surface area contributed by atoms with Gasteiger partial charge in [0.2, 0.25) is 0 Å². The summed E-state index contributed by atoms with van der Waals surface area (Å²) < 4.78 is 0. The van der Waals surface area contributed by atoms with Crippen LogP contribution in [0, 0.1) is 40.5 Å². The molecule has 1 unspecified atom stereocenters. The van der Waals surface area contributed by atoms with Gasteiger partial charge in [0.25, 0.3) is 6.54 Å². The SMILES string of the molecule is O=[N+]([O-])CC(C([N+](=O)[O-])[N+](=O)[O-])[N+](=O)[O-].[KH]. The summed E-state index contributed by atoms with van der Waals surface area (Å²) in [4.78, 5) is 34.6. The molecule has 0 aromatic heterocycles. The zero-order valence-electron chi connectivity index (χ0n) is 6.92. The monoisotopic (exact) mass is 264 g/mol. The fourth-order valence-electron chi connectivity index (χ4n) is 0.781. The molecule has 0 saturated carbocycles. The molecule has 0 aliphatic carbocycles. The first-order valence-corrected chi connectivity index (χ1v) is 3.29. The van der Waals surface area contributed by atoms with Gasteiger partial charge in [-0.15, -0.1) is 0 Å². The average molecular weight is 264 g/mol. The molecule has 0 fully saturated rings. The molecule has 0 saturated heterocycles. The zero-order chi connectivity index (χ0) is 12.2. The van der Waals surface area contributed by atoms with Crippen molar-refractivity contribution in [3.8, 4) is 0 Å². The first kappa shape index (κ1) is 17.6. The quantitative estimate of drug-likeness (QED) is 0.232. The summed E-state index contributed by atoms with van der Waals surface area (Å²) in [5.74, 6) is 0. The molecule has 0 bridgehead atoms. The van der Waals surface area contributed by atoms with Crippen molar-refractivity contribution in [1.29, 1.82) is 0 Å². The molecule has 16 heavy (non-hydrogen) atoms. The van der Waals surface area contributed by atoms with E-state index in [1.807, 2.05) is 0 Å². The molecular weight excluding hydrogens is 259 g/mol. The molecule has 0 aromatic carbocycles. The summed E-state index contributed by atoms with van der Waals surface area (Å²) >= 11 is 0. The van der Waals surface area contributed by atoms with Crippen LogP contribution < -0.4 is 0 Å². The zero-order valence-corrected chi connectivity index (χ0v) is 6.92. The second-order valence-corrected chi connectivity index (χ2v) is 2.35. The Morgan fingerprint density at radius 1 is 0.812 bits per heavy atom. The second kappa shape index (κ2) is 7.50. The Labute approximate surface area is 129 Å². The van der Waals surface area contributed by atoms with Crippen molar-refractivity contribution >= 4 is 51.4 Å². The van der Waals surface area contributed by atoms with Crippen LogP contribution in [0.5, 0.6) is 0 Å². The minimum atomic E-state index is -2.81. The van der Waals surface area contributed by atoms with Crippen LogP contribution in [-0.2, 0) is 0 Å². The van der Waals surface area contributed by atoms with Crippen molar-refractivity contribution < 1.29 is 19.7 Å². The van der Waals surface area contributed by atoms with Gasteiger partial charge in [-0.2, -0.15) is 0 Å². The Balaban J connectivity index is 0. The molecule has 0 N–H and O–H groups in total. The summed E-state index contributed by atoms with van der Waals surface area (Å²) in [6.07, 6.45) is -2.81. The average Bonchev–Trinajstić information content (AvgIpc) is 2.00. The molecule has 1 atom stereocenters. The van der Waals surface area contributed by atoms with Crippen molar-refractivity contribution in [3.63, 3.8) is 0 Å². The number of nitrogens with zero attached hydrogens (tertiary/aromatic N) is 4. The van der Waals surface area contributed by atoms with Crippen molar-refractivity contribution in [3.05, 3.63) is 40.5 Å². The molecule has 0 amide bonds. The van der Waals surface area contributed by atoms with E-state index >= 15 is 0 Å². The molecule has 0 radical (unpaired) electrons. The van der Waals surface area contributed by atoms with E-state index in [0.717, 1.165) is 0 Å². The first-order valence-electron chi connectivity index (χ1n) is 3.29. The van der Waals surface area contributed by atoms with Crippen LogP contribution in [0.3, 0.4) is 0 Å². The van der Waals surface area contributed by atoms with Gasteiger partial charge in [0.05, 0.1) is 0 Å². The van der Waals surface area contributed by atoms with E-state index in [9.17, 15) is 40.5 Å². The summed E-state index contributed by atoms with van der Waals surface area (Å²) in [6, 6.07) is -2.48. The van der Waals surface area contributed by atoms with E-state index in [4.69, 9.17) is 0 Å². The van der Waals surface area contributed by atoms with Crippen molar-refractivity contribution in [2.75, 3.05) is 6.54 Å². The van der Waals surface area contributed by atoms with Crippen LogP contribution in [0.15, 0.2) is 0 Å². The van der Waals surface area contributed by atoms with E-state index in [-0.39, 0.29) is 51.4 Å². The molecule has 13 heteroatoms. The predicted octanol–water partition coefficient (Wildman–Crippen LogP) is -1.86. The number of hydrogen-bond donors (Lipinski definition) is 0. The Morgan fingerprint density at radius 2 is 1.19 bits per heavy atom. The van der Waals surface area contributed by atoms with E-state index in [1.165, 1.54) is 0 Å². The van der Waals surface area contributed by atoms with Gasteiger partial charge in [-0.05, 0) is 0 Å². The number of hydrogen-bond acceptors (Lipinski definition) is 8. The van der Waals surface area contributed by atoms with Crippen molar-refractivity contribution in [1.82, 2.24) is 0 Å². The van der Waals surface area contributed by atoms with Crippen LogP contribution in [0.4, 0.5) is 0 Å². The van der Waals surface area contributed by atoms with E-state index in [2.05, 4.69) is 0 Å². The standard InChI is InChI=1S/C3H4N4O8.K.H/c8-4(9)1-2(5(10)11)3(6(12)13)7(14)15;;/h2-3H,1H2;;. The minimum absolute atomic E-state index is 0. The topological polar surface area (TPSA) is 173 Å². The van der Waals surface area contributed by atoms with Gasteiger partial charge in [-0.25, -0.2) is 0 Å². The molecule has 86 valence electrons. The third kappa shape index (κ3) is 5.36. The van der Waals surface area contributed by atoms with Gasteiger partial charge in [0.1, 0.15) is 9.85 Å². The van der Waals surface area contributed by atoms with Gasteiger partial charge in [0, 0.05) is 9.85 Å². The number of nitro groups is 4. The summed E-state index contributed by atoms with van der Waals surface area (Å²) in [6.45, 7) is -1.47. The van der Waals surface area contributed by atoms with Gasteiger partial charge >= 0.3 is 63.6 Å². The van der Waals surface area contributed by atoms with Crippen LogP contribution >= 0.6 is 0 Å². The molecular formula is C3H5KN4O8. The number of rotatable bonds is 6. The molecule has 0 heterocycles. The predicted molar refractivity (Wildman–Crippen MR) is 47.6 cm³/mol. The fourth-order valence-corrected chi connectivity index (χ4v) is 0.781.